The summed E-state index contributed by atoms with van der Waals surface area (Å²) >= 11 is 0. The molecule has 0 saturated heterocycles. The highest BCUT2D eigenvalue weighted by Crippen LogP contribution is 2.32. The molecule has 3 nitrogen and oxygen atoms in total. The van der Waals surface area contributed by atoms with Crippen LogP contribution in [0.4, 0.5) is 0 Å². The van der Waals surface area contributed by atoms with Crippen LogP contribution >= 0.6 is 0 Å². The van der Waals surface area contributed by atoms with Crippen molar-refractivity contribution < 1.29 is 8.42 Å². The van der Waals surface area contributed by atoms with Crippen LogP contribution in [0, 0.1) is 0 Å². The van der Waals surface area contributed by atoms with Crippen molar-refractivity contribution in [2.24, 2.45) is 0 Å². The van der Waals surface area contributed by atoms with Gasteiger partial charge in [-0.3, -0.25) is 0 Å². The van der Waals surface area contributed by atoms with Gasteiger partial charge in [0.05, 0.1) is 4.90 Å². The summed E-state index contributed by atoms with van der Waals surface area (Å²) in [7, 11) is -3.43. The second-order valence-electron chi connectivity index (χ2n) is 6.54. The first-order valence-electron chi connectivity index (χ1n) is 8.79. The summed E-state index contributed by atoms with van der Waals surface area (Å²) in [6.07, 6.45) is 7.04. The van der Waals surface area contributed by atoms with Crippen LogP contribution in [-0.2, 0) is 16.4 Å². The van der Waals surface area contributed by atoms with E-state index in [2.05, 4.69) is 4.72 Å². The van der Waals surface area contributed by atoms with Crippen molar-refractivity contribution in [2.45, 2.75) is 49.3 Å². The van der Waals surface area contributed by atoms with E-state index in [-0.39, 0.29) is 0 Å². The summed E-state index contributed by atoms with van der Waals surface area (Å²) in [6, 6.07) is 17.4. The number of benzene rings is 2. The van der Waals surface area contributed by atoms with Crippen LogP contribution in [0.15, 0.2) is 59.5 Å². The maximum Gasteiger partial charge on any atom is 0.240 e. The minimum atomic E-state index is -3.43. The normalized spacial score (nSPS) is 16.2. The molecule has 2 aromatic rings. The van der Waals surface area contributed by atoms with E-state index in [1.165, 1.54) is 37.7 Å². The highest BCUT2D eigenvalue weighted by Gasteiger charge is 2.17. The average molecular weight is 343 g/mol. The Kier molecular flexibility index (Phi) is 5.69. The number of rotatable bonds is 6. The largest absolute Gasteiger partial charge is 0.240 e. The first kappa shape index (κ1) is 17.2. The van der Waals surface area contributed by atoms with Crippen LogP contribution in [0.5, 0.6) is 0 Å². The third-order valence-electron chi connectivity index (χ3n) is 4.82. The molecule has 0 radical (unpaired) electrons. The van der Waals surface area contributed by atoms with E-state index in [0.717, 1.165) is 5.56 Å². The van der Waals surface area contributed by atoms with E-state index in [9.17, 15) is 8.42 Å². The van der Waals surface area contributed by atoms with Crippen molar-refractivity contribution in [3.63, 3.8) is 0 Å². The monoisotopic (exact) mass is 343 g/mol. The molecule has 0 amide bonds. The molecule has 2 aromatic carbocycles. The zero-order valence-electron chi connectivity index (χ0n) is 13.9. The van der Waals surface area contributed by atoms with Crippen molar-refractivity contribution >= 4 is 10.0 Å². The molecule has 1 aliphatic carbocycles. The molecule has 1 fully saturated rings. The van der Waals surface area contributed by atoms with Crippen LogP contribution in [0.1, 0.15) is 49.1 Å². The van der Waals surface area contributed by atoms with Gasteiger partial charge in [0.25, 0.3) is 0 Å². The highest BCUT2D eigenvalue weighted by atomic mass is 32.2. The molecule has 0 spiro atoms. The fourth-order valence-corrected chi connectivity index (χ4v) is 4.44. The molecule has 1 aliphatic rings. The summed E-state index contributed by atoms with van der Waals surface area (Å²) in [6.45, 7) is 0.413. The van der Waals surface area contributed by atoms with E-state index in [0.29, 0.717) is 23.8 Å². The second-order valence-corrected chi connectivity index (χ2v) is 8.30. The van der Waals surface area contributed by atoms with Gasteiger partial charge in [-0.25, -0.2) is 13.1 Å². The molecule has 3 rings (SSSR count). The van der Waals surface area contributed by atoms with Gasteiger partial charge >= 0.3 is 0 Å². The lowest BCUT2D eigenvalue weighted by atomic mass is 9.84. The molecule has 0 bridgehead atoms. The molecular formula is C20H25NO2S. The first-order valence-corrected chi connectivity index (χ1v) is 10.3. The number of hydrogen-bond donors (Lipinski definition) is 1. The highest BCUT2D eigenvalue weighted by molar-refractivity contribution is 7.89. The molecule has 0 aromatic heterocycles. The standard InChI is InChI=1S/C20H25NO2S/c22-24(23,21-16-15-17-7-3-1-4-8-17)20-13-11-19(12-14-20)18-9-5-2-6-10-18/h1,3-4,7-8,11-14,18,21H,2,5-6,9-10,15-16H2. The fraction of sp³-hybridized carbons (Fsp3) is 0.400. The van der Waals surface area contributed by atoms with Crippen LogP contribution in [0.3, 0.4) is 0 Å². The molecule has 1 saturated carbocycles. The van der Waals surface area contributed by atoms with Gasteiger partial charge in [-0.2, -0.15) is 0 Å². The Balaban J connectivity index is 1.59. The number of nitrogens with one attached hydrogen (secondary N) is 1. The fourth-order valence-electron chi connectivity index (χ4n) is 3.41. The maximum atomic E-state index is 12.4. The molecule has 128 valence electrons. The second kappa shape index (κ2) is 7.95. The van der Waals surface area contributed by atoms with Crippen LogP contribution in [0.25, 0.3) is 0 Å². The predicted molar refractivity (Wildman–Crippen MR) is 97.6 cm³/mol. The Labute approximate surface area is 145 Å². The van der Waals surface area contributed by atoms with E-state index in [1.807, 2.05) is 42.5 Å². The molecule has 0 unspecified atom stereocenters. The lowest BCUT2D eigenvalue weighted by molar-refractivity contribution is 0.443. The van der Waals surface area contributed by atoms with Crippen molar-refractivity contribution in [1.82, 2.24) is 4.72 Å². The van der Waals surface area contributed by atoms with Crippen molar-refractivity contribution in [3.05, 3.63) is 65.7 Å². The van der Waals surface area contributed by atoms with Gasteiger partial charge in [-0.15, -0.1) is 0 Å². The molecule has 0 heterocycles. The zero-order valence-corrected chi connectivity index (χ0v) is 14.8. The third kappa shape index (κ3) is 4.46. The Morgan fingerprint density at radius 3 is 2.21 bits per heavy atom. The van der Waals surface area contributed by atoms with Crippen LogP contribution in [0.2, 0.25) is 0 Å². The van der Waals surface area contributed by atoms with Gasteiger partial charge in [0, 0.05) is 6.54 Å². The lowest BCUT2D eigenvalue weighted by Crippen LogP contribution is -2.26. The smallest absolute Gasteiger partial charge is 0.211 e. The van der Waals surface area contributed by atoms with Crippen LogP contribution < -0.4 is 4.72 Å². The van der Waals surface area contributed by atoms with Gasteiger partial charge in [0.15, 0.2) is 0 Å². The van der Waals surface area contributed by atoms with E-state index >= 15 is 0 Å². The summed E-state index contributed by atoms with van der Waals surface area (Å²) < 4.78 is 27.5. The van der Waals surface area contributed by atoms with Gasteiger partial charge < -0.3 is 0 Å². The topological polar surface area (TPSA) is 46.2 Å². The van der Waals surface area contributed by atoms with Gasteiger partial charge in [0.1, 0.15) is 0 Å². The average Bonchev–Trinajstić information content (AvgIpc) is 2.63. The molecule has 0 aliphatic heterocycles. The SMILES string of the molecule is O=S(=O)(NCCc1ccccc1)c1ccc(C2CCCCC2)cc1. The van der Waals surface area contributed by atoms with E-state index in [1.54, 1.807) is 12.1 Å². The number of sulfonamides is 1. The van der Waals surface area contributed by atoms with E-state index in [4.69, 9.17) is 0 Å². The van der Waals surface area contributed by atoms with Gasteiger partial charge in [0.2, 0.25) is 10.0 Å². The first-order chi connectivity index (χ1) is 11.6. The molecule has 0 atom stereocenters. The Morgan fingerprint density at radius 2 is 1.54 bits per heavy atom. The molecule has 4 heteroatoms. The maximum absolute atomic E-state index is 12.4. The van der Waals surface area contributed by atoms with Gasteiger partial charge in [-0.1, -0.05) is 61.7 Å². The molecular weight excluding hydrogens is 318 g/mol. The molecule has 24 heavy (non-hydrogen) atoms. The van der Waals surface area contributed by atoms with E-state index < -0.39 is 10.0 Å². The predicted octanol–water partition coefficient (Wildman–Crippen LogP) is 4.26. The summed E-state index contributed by atoms with van der Waals surface area (Å²) in [5.41, 5.74) is 2.41. The summed E-state index contributed by atoms with van der Waals surface area (Å²) in [4.78, 5) is 0.357. The minimum Gasteiger partial charge on any atom is -0.211 e. The van der Waals surface area contributed by atoms with Crippen LogP contribution in [-0.4, -0.2) is 15.0 Å². The zero-order chi connectivity index (χ0) is 16.8. The van der Waals surface area contributed by atoms with Crippen molar-refractivity contribution in [3.8, 4) is 0 Å². The third-order valence-corrected chi connectivity index (χ3v) is 6.29. The molecule has 1 N–H and O–H groups in total. The van der Waals surface area contributed by atoms with Crippen molar-refractivity contribution in [2.75, 3.05) is 6.54 Å². The minimum absolute atomic E-state index is 0.357. The Morgan fingerprint density at radius 1 is 0.875 bits per heavy atom. The lowest BCUT2D eigenvalue weighted by Gasteiger charge is -2.22. The summed E-state index contributed by atoms with van der Waals surface area (Å²) in [5.74, 6) is 0.599. The number of hydrogen-bond acceptors (Lipinski definition) is 2. The quantitative estimate of drug-likeness (QED) is 0.852. The summed E-state index contributed by atoms with van der Waals surface area (Å²) in [5, 5.41) is 0. The Hall–Kier alpha value is -1.65. The van der Waals surface area contributed by atoms with Gasteiger partial charge in [-0.05, 0) is 48.4 Å². The van der Waals surface area contributed by atoms with Crippen molar-refractivity contribution in [1.29, 1.82) is 0 Å². The Bertz CT molecular complexity index is 733.